The number of carbonyl (C=O) groups is 1. The molecular formula is C27H36F3N5O2. The van der Waals surface area contributed by atoms with Gasteiger partial charge in [0.05, 0.1) is 12.1 Å². The second kappa shape index (κ2) is 10.6. The number of aryl methyl sites for hydroxylation is 2. The molecule has 3 aliphatic rings. The van der Waals surface area contributed by atoms with Crippen LogP contribution in [0.1, 0.15) is 53.8 Å². The van der Waals surface area contributed by atoms with Crippen LogP contribution in [0.25, 0.3) is 0 Å². The zero-order chi connectivity index (χ0) is 26.2. The Morgan fingerprint density at radius 3 is 2.70 bits per heavy atom. The molecule has 5 rings (SSSR count). The Morgan fingerprint density at radius 2 is 1.95 bits per heavy atom. The van der Waals surface area contributed by atoms with Crippen molar-refractivity contribution in [1.82, 2.24) is 20.3 Å². The van der Waals surface area contributed by atoms with Crippen molar-refractivity contribution in [3.63, 3.8) is 0 Å². The van der Waals surface area contributed by atoms with Gasteiger partial charge in [0.15, 0.2) is 5.76 Å². The van der Waals surface area contributed by atoms with Gasteiger partial charge in [-0.2, -0.15) is 13.2 Å². The van der Waals surface area contributed by atoms with Gasteiger partial charge in [-0.05, 0) is 69.2 Å². The second-order valence-corrected chi connectivity index (χ2v) is 10.7. The van der Waals surface area contributed by atoms with Crippen molar-refractivity contribution in [2.75, 3.05) is 44.2 Å². The number of nitrogens with one attached hydrogen (secondary N) is 1. The summed E-state index contributed by atoms with van der Waals surface area (Å²) in [5, 5.41) is 7.29. The molecule has 3 aliphatic heterocycles. The van der Waals surface area contributed by atoms with E-state index < -0.39 is 11.7 Å². The average Bonchev–Trinajstić information content (AvgIpc) is 3.35. The van der Waals surface area contributed by atoms with Gasteiger partial charge in [0.25, 0.3) is 0 Å². The van der Waals surface area contributed by atoms with Gasteiger partial charge in [-0.1, -0.05) is 11.2 Å². The molecule has 4 heterocycles. The van der Waals surface area contributed by atoms with Crippen molar-refractivity contribution in [2.24, 2.45) is 0 Å². The fourth-order valence-corrected chi connectivity index (χ4v) is 6.24. The van der Waals surface area contributed by atoms with E-state index in [0.29, 0.717) is 31.1 Å². The summed E-state index contributed by atoms with van der Waals surface area (Å²) in [5.41, 5.74) is 3.05. The first-order chi connectivity index (χ1) is 17.7. The lowest BCUT2D eigenvalue weighted by Crippen LogP contribution is -2.45. The number of hydrogen-bond acceptors (Lipinski definition) is 6. The molecule has 37 heavy (non-hydrogen) atoms. The van der Waals surface area contributed by atoms with Crippen LogP contribution in [0.3, 0.4) is 0 Å². The quantitative estimate of drug-likeness (QED) is 0.646. The molecule has 0 spiro atoms. The van der Waals surface area contributed by atoms with E-state index in [1.807, 2.05) is 18.7 Å². The first-order valence-corrected chi connectivity index (χ1v) is 13.3. The third-order valence-electron chi connectivity index (χ3n) is 8.10. The van der Waals surface area contributed by atoms with Crippen LogP contribution in [0.15, 0.2) is 22.7 Å². The summed E-state index contributed by atoms with van der Waals surface area (Å²) in [6.07, 6.45) is 0.533. The van der Waals surface area contributed by atoms with Crippen LogP contribution >= 0.6 is 0 Å². The summed E-state index contributed by atoms with van der Waals surface area (Å²) < 4.78 is 44.7. The third kappa shape index (κ3) is 5.95. The highest BCUT2D eigenvalue weighted by Gasteiger charge is 2.33. The van der Waals surface area contributed by atoms with E-state index in [1.54, 1.807) is 6.07 Å². The predicted molar refractivity (Wildman–Crippen MR) is 134 cm³/mol. The van der Waals surface area contributed by atoms with Gasteiger partial charge in [0.2, 0.25) is 5.91 Å². The number of amides is 1. The molecule has 2 atom stereocenters. The van der Waals surface area contributed by atoms with E-state index in [-0.39, 0.29) is 18.5 Å². The summed E-state index contributed by atoms with van der Waals surface area (Å²) in [6.45, 7) is 8.99. The highest BCUT2D eigenvalue weighted by atomic mass is 19.4. The summed E-state index contributed by atoms with van der Waals surface area (Å²) in [7, 11) is 0. The highest BCUT2D eigenvalue weighted by Crippen LogP contribution is 2.32. The van der Waals surface area contributed by atoms with Crippen molar-refractivity contribution >= 4 is 11.6 Å². The number of halogens is 3. The Labute approximate surface area is 215 Å². The molecule has 7 nitrogen and oxygen atoms in total. The molecule has 2 fully saturated rings. The van der Waals surface area contributed by atoms with Gasteiger partial charge >= 0.3 is 6.18 Å². The lowest BCUT2D eigenvalue weighted by atomic mass is 9.97. The number of fused-ring (bicyclic) bond motifs is 1. The van der Waals surface area contributed by atoms with Crippen LogP contribution in [0, 0.1) is 13.8 Å². The summed E-state index contributed by atoms with van der Waals surface area (Å²) >= 11 is 0. The van der Waals surface area contributed by atoms with E-state index in [2.05, 4.69) is 20.3 Å². The minimum atomic E-state index is -4.35. The molecule has 2 unspecified atom stereocenters. The Hall–Kier alpha value is -2.59. The summed E-state index contributed by atoms with van der Waals surface area (Å²) in [5.74, 6) is 0.825. The largest absolute Gasteiger partial charge is 0.416 e. The molecule has 10 heteroatoms. The van der Waals surface area contributed by atoms with Gasteiger partial charge in [-0.3, -0.25) is 14.6 Å². The number of aromatic nitrogens is 1. The van der Waals surface area contributed by atoms with Gasteiger partial charge < -0.3 is 14.7 Å². The van der Waals surface area contributed by atoms with Crippen molar-refractivity contribution in [2.45, 2.75) is 70.8 Å². The SMILES string of the molecule is Cc1noc(C)c1N1CCCC(N2CCC(NC(=O)CN3CCc4ccc(C(F)(F)F)cc4C3)C2)CC1. The number of rotatable bonds is 5. The number of nitrogens with zero attached hydrogens (tertiary/aromatic N) is 4. The summed E-state index contributed by atoms with van der Waals surface area (Å²) in [4.78, 5) is 19.7. The second-order valence-electron chi connectivity index (χ2n) is 10.7. The Kier molecular flexibility index (Phi) is 7.49. The molecule has 1 N–H and O–H groups in total. The molecule has 202 valence electrons. The molecule has 0 radical (unpaired) electrons. The fraction of sp³-hybridized carbons (Fsp3) is 0.630. The summed E-state index contributed by atoms with van der Waals surface area (Å²) in [6, 6.07) is 4.56. The van der Waals surface area contributed by atoms with Crippen LogP contribution in [0.2, 0.25) is 0 Å². The fourth-order valence-electron chi connectivity index (χ4n) is 6.24. The van der Waals surface area contributed by atoms with Crippen molar-refractivity contribution < 1.29 is 22.5 Å². The smallest absolute Gasteiger partial charge is 0.367 e. The molecule has 1 aromatic heterocycles. The van der Waals surface area contributed by atoms with E-state index in [4.69, 9.17) is 4.52 Å². The molecule has 2 saturated heterocycles. The molecule has 0 saturated carbocycles. The topological polar surface area (TPSA) is 64.9 Å². The normalized spacial score (nSPS) is 23.6. The third-order valence-corrected chi connectivity index (χ3v) is 8.10. The standard InChI is InChI=1S/C27H36F3N5O2/c1-18-26(19(2)37-32-18)34-10-3-4-24(9-13-34)35-12-8-23(16-35)31-25(36)17-33-11-7-20-5-6-22(27(28,29)30)14-21(20)15-33/h5-6,14,23-24H,3-4,7-13,15-17H2,1-2H3,(H,31,36). The van der Waals surface area contributed by atoms with Gasteiger partial charge in [0.1, 0.15) is 11.4 Å². The first kappa shape index (κ1) is 26.0. The van der Waals surface area contributed by atoms with Gasteiger partial charge in [-0.25, -0.2) is 0 Å². The maximum atomic E-state index is 13.1. The Bertz CT molecular complexity index is 1100. The molecular weight excluding hydrogens is 483 g/mol. The Balaban J connectivity index is 1.10. The molecule has 0 bridgehead atoms. The highest BCUT2D eigenvalue weighted by molar-refractivity contribution is 5.78. The number of alkyl halides is 3. The van der Waals surface area contributed by atoms with Crippen LogP contribution in [-0.4, -0.2) is 72.2 Å². The monoisotopic (exact) mass is 519 g/mol. The van der Waals surface area contributed by atoms with Crippen LogP contribution in [-0.2, 0) is 23.9 Å². The van der Waals surface area contributed by atoms with E-state index >= 15 is 0 Å². The van der Waals surface area contributed by atoms with Crippen LogP contribution in [0.5, 0.6) is 0 Å². The number of hydrogen-bond donors (Lipinski definition) is 1. The minimum Gasteiger partial charge on any atom is -0.367 e. The Morgan fingerprint density at radius 1 is 1.11 bits per heavy atom. The molecule has 1 aromatic carbocycles. The lowest BCUT2D eigenvalue weighted by molar-refractivity contribution is -0.137. The van der Waals surface area contributed by atoms with Crippen molar-refractivity contribution in [1.29, 1.82) is 0 Å². The molecule has 1 amide bonds. The average molecular weight is 520 g/mol. The van der Waals surface area contributed by atoms with Crippen molar-refractivity contribution in [3.05, 3.63) is 46.3 Å². The minimum absolute atomic E-state index is 0.0484. The zero-order valence-corrected chi connectivity index (χ0v) is 21.6. The molecule has 2 aromatic rings. The number of benzene rings is 1. The van der Waals surface area contributed by atoms with Crippen molar-refractivity contribution in [3.8, 4) is 0 Å². The van der Waals surface area contributed by atoms with Gasteiger partial charge in [0, 0.05) is 51.4 Å². The number of carbonyl (C=O) groups excluding carboxylic acids is 1. The van der Waals surface area contributed by atoms with Gasteiger partial charge in [-0.15, -0.1) is 0 Å². The zero-order valence-electron chi connectivity index (χ0n) is 21.6. The maximum absolute atomic E-state index is 13.1. The number of anilines is 1. The van der Waals surface area contributed by atoms with E-state index in [0.717, 1.165) is 80.6 Å². The lowest BCUT2D eigenvalue weighted by Gasteiger charge is -2.29. The maximum Gasteiger partial charge on any atom is 0.416 e. The predicted octanol–water partition coefficient (Wildman–Crippen LogP) is 3.92. The number of likely N-dealkylation sites (tertiary alicyclic amines) is 1. The van der Waals surface area contributed by atoms with E-state index in [1.165, 1.54) is 6.07 Å². The van der Waals surface area contributed by atoms with Crippen LogP contribution < -0.4 is 10.2 Å². The molecule has 0 aliphatic carbocycles. The van der Waals surface area contributed by atoms with E-state index in [9.17, 15) is 18.0 Å². The first-order valence-electron chi connectivity index (χ1n) is 13.3. The van der Waals surface area contributed by atoms with Crippen LogP contribution in [0.4, 0.5) is 18.9 Å².